The topological polar surface area (TPSA) is 91.8 Å². The normalized spacial score (nSPS) is 10.8. The van der Waals surface area contributed by atoms with Gasteiger partial charge >= 0.3 is 5.97 Å². The van der Waals surface area contributed by atoms with Crippen molar-refractivity contribution >= 4 is 16.9 Å². The maximum atomic E-state index is 11.2. The Balaban J connectivity index is 1.83. The van der Waals surface area contributed by atoms with Crippen molar-refractivity contribution in [3.05, 3.63) is 66.9 Å². The molecule has 6 heteroatoms. The molecule has 0 spiro atoms. The third-order valence-corrected chi connectivity index (χ3v) is 3.88. The van der Waals surface area contributed by atoms with Crippen LogP contribution in [0.3, 0.4) is 0 Å². The lowest BCUT2D eigenvalue weighted by Gasteiger charge is -2.07. The number of carbonyl (C=O) groups is 1. The molecule has 0 saturated heterocycles. The summed E-state index contributed by atoms with van der Waals surface area (Å²) in [5, 5.41) is 16.7. The molecule has 4 aromatic rings. The Morgan fingerprint density at radius 3 is 2.46 bits per heavy atom. The molecule has 0 bridgehead atoms. The minimum Gasteiger partial charge on any atom is -0.478 e. The van der Waals surface area contributed by atoms with Crippen LogP contribution in [0, 0.1) is 0 Å². The number of hydrogen-bond donors (Lipinski definition) is 2. The van der Waals surface area contributed by atoms with Gasteiger partial charge in [0.25, 0.3) is 0 Å². The van der Waals surface area contributed by atoms with E-state index < -0.39 is 5.97 Å². The number of carboxylic acids is 1. The predicted molar refractivity (Wildman–Crippen MR) is 89.5 cm³/mol. The summed E-state index contributed by atoms with van der Waals surface area (Å²) in [5.74, 6) is -0.998. The fraction of sp³-hybridized carbons (Fsp3) is 0. The number of aromatic amines is 1. The molecule has 0 unspecified atom stereocenters. The fourth-order valence-electron chi connectivity index (χ4n) is 2.64. The minimum absolute atomic E-state index is 0.157. The smallest absolute Gasteiger partial charge is 0.337 e. The van der Waals surface area contributed by atoms with E-state index in [1.54, 1.807) is 24.7 Å². The predicted octanol–water partition coefficient (Wildman–Crippen LogP) is 3.39. The highest BCUT2D eigenvalue weighted by Gasteiger charge is 2.10. The zero-order valence-corrected chi connectivity index (χ0v) is 12.5. The van der Waals surface area contributed by atoms with E-state index in [2.05, 4.69) is 20.2 Å². The fourth-order valence-corrected chi connectivity index (χ4v) is 2.64. The quantitative estimate of drug-likeness (QED) is 0.604. The molecule has 0 aliphatic rings. The number of aromatic carboxylic acids is 1. The van der Waals surface area contributed by atoms with Crippen LogP contribution in [0.2, 0.25) is 0 Å². The maximum Gasteiger partial charge on any atom is 0.337 e. The molecule has 0 aliphatic carbocycles. The molecule has 0 radical (unpaired) electrons. The van der Waals surface area contributed by atoms with E-state index in [4.69, 9.17) is 0 Å². The monoisotopic (exact) mass is 316 g/mol. The highest BCUT2D eigenvalue weighted by molar-refractivity contribution is 5.98. The van der Waals surface area contributed by atoms with Crippen LogP contribution in [0.4, 0.5) is 0 Å². The minimum atomic E-state index is -0.998. The Morgan fingerprint density at radius 2 is 1.75 bits per heavy atom. The third-order valence-electron chi connectivity index (χ3n) is 3.88. The molecule has 116 valence electrons. The molecule has 2 N–H and O–H groups in total. The van der Waals surface area contributed by atoms with E-state index >= 15 is 0 Å². The molecule has 0 aliphatic heterocycles. The average molecular weight is 316 g/mol. The third kappa shape index (κ3) is 2.40. The van der Waals surface area contributed by atoms with E-state index in [9.17, 15) is 9.90 Å². The molecule has 3 aromatic heterocycles. The maximum absolute atomic E-state index is 11.2. The second-order valence-electron chi connectivity index (χ2n) is 5.35. The molecule has 6 nitrogen and oxygen atoms in total. The highest BCUT2D eigenvalue weighted by atomic mass is 16.4. The first-order chi connectivity index (χ1) is 11.7. The van der Waals surface area contributed by atoms with E-state index in [0.717, 1.165) is 27.6 Å². The van der Waals surface area contributed by atoms with Crippen LogP contribution >= 0.6 is 0 Å². The lowest BCUT2D eigenvalue weighted by molar-refractivity contribution is 0.0696. The van der Waals surface area contributed by atoms with Crippen LogP contribution in [0.25, 0.3) is 33.2 Å². The van der Waals surface area contributed by atoms with Crippen molar-refractivity contribution in [3.63, 3.8) is 0 Å². The van der Waals surface area contributed by atoms with Gasteiger partial charge in [-0.25, -0.2) is 4.79 Å². The summed E-state index contributed by atoms with van der Waals surface area (Å²) in [6.45, 7) is 0. The number of carboxylic acid groups (broad SMARTS) is 1. The van der Waals surface area contributed by atoms with Gasteiger partial charge in [-0.3, -0.25) is 15.1 Å². The highest BCUT2D eigenvalue weighted by Crippen LogP contribution is 2.29. The van der Waals surface area contributed by atoms with E-state index in [1.165, 1.54) is 6.20 Å². The van der Waals surface area contributed by atoms with Crippen molar-refractivity contribution in [1.29, 1.82) is 0 Å². The molecule has 4 rings (SSSR count). The first kappa shape index (κ1) is 14.1. The van der Waals surface area contributed by atoms with E-state index in [0.29, 0.717) is 5.52 Å². The Bertz CT molecular complexity index is 1020. The van der Waals surface area contributed by atoms with Crippen LogP contribution in [0.5, 0.6) is 0 Å². The largest absolute Gasteiger partial charge is 0.478 e. The Kier molecular flexibility index (Phi) is 3.28. The zero-order chi connectivity index (χ0) is 16.5. The van der Waals surface area contributed by atoms with Crippen LogP contribution in [-0.2, 0) is 0 Å². The Labute approximate surface area is 136 Å². The second-order valence-corrected chi connectivity index (χ2v) is 5.35. The van der Waals surface area contributed by atoms with E-state index in [-0.39, 0.29) is 5.56 Å². The van der Waals surface area contributed by atoms with Crippen LogP contribution < -0.4 is 0 Å². The number of fused-ring (bicyclic) bond motifs is 1. The van der Waals surface area contributed by atoms with Crippen molar-refractivity contribution in [2.75, 3.05) is 0 Å². The van der Waals surface area contributed by atoms with Gasteiger partial charge in [0.05, 0.1) is 23.5 Å². The van der Waals surface area contributed by atoms with Crippen molar-refractivity contribution in [3.8, 4) is 22.3 Å². The van der Waals surface area contributed by atoms with Crippen LogP contribution in [-0.4, -0.2) is 31.2 Å². The van der Waals surface area contributed by atoms with Crippen LogP contribution in [0.1, 0.15) is 10.4 Å². The van der Waals surface area contributed by atoms with Gasteiger partial charge < -0.3 is 5.11 Å². The van der Waals surface area contributed by atoms with Crippen molar-refractivity contribution in [2.45, 2.75) is 0 Å². The number of aromatic nitrogens is 4. The van der Waals surface area contributed by atoms with Gasteiger partial charge in [-0.1, -0.05) is 24.3 Å². The molecular weight excluding hydrogens is 304 g/mol. The molecule has 0 fully saturated rings. The molecule has 0 saturated carbocycles. The summed E-state index contributed by atoms with van der Waals surface area (Å²) in [7, 11) is 0. The van der Waals surface area contributed by atoms with Gasteiger partial charge in [0, 0.05) is 35.1 Å². The number of benzene rings is 1. The summed E-state index contributed by atoms with van der Waals surface area (Å²) in [6, 6.07) is 9.57. The summed E-state index contributed by atoms with van der Waals surface area (Å²) >= 11 is 0. The van der Waals surface area contributed by atoms with Gasteiger partial charge in [0.1, 0.15) is 0 Å². The first-order valence-corrected chi connectivity index (χ1v) is 7.29. The van der Waals surface area contributed by atoms with Gasteiger partial charge in [-0.05, 0) is 17.2 Å². The van der Waals surface area contributed by atoms with Crippen molar-refractivity contribution in [1.82, 2.24) is 20.2 Å². The number of nitrogens with one attached hydrogen (secondary N) is 1. The number of rotatable bonds is 3. The summed E-state index contributed by atoms with van der Waals surface area (Å²) < 4.78 is 0. The molecule has 0 amide bonds. The van der Waals surface area contributed by atoms with Crippen molar-refractivity contribution < 1.29 is 9.90 Å². The molecule has 1 aromatic carbocycles. The molecule has 0 atom stereocenters. The van der Waals surface area contributed by atoms with Gasteiger partial charge in [0.15, 0.2) is 0 Å². The lowest BCUT2D eigenvalue weighted by atomic mass is 9.99. The lowest BCUT2D eigenvalue weighted by Crippen LogP contribution is -1.98. The van der Waals surface area contributed by atoms with Gasteiger partial charge in [-0.2, -0.15) is 5.10 Å². The van der Waals surface area contributed by atoms with Gasteiger partial charge in [-0.15, -0.1) is 0 Å². The summed E-state index contributed by atoms with van der Waals surface area (Å²) in [5.41, 5.74) is 4.67. The standard InChI is InChI=1S/C18H12N4O2/c23-18(24)13-5-15-16(9-19-10-17(15)20-6-13)12-3-1-11(2-4-12)14-7-21-22-8-14/h1-10H,(H,21,22)(H,23,24). The number of hydrogen-bond acceptors (Lipinski definition) is 4. The number of pyridine rings is 2. The number of nitrogens with zero attached hydrogens (tertiary/aromatic N) is 3. The van der Waals surface area contributed by atoms with Gasteiger partial charge in [0.2, 0.25) is 0 Å². The average Bonchev–Trinajstić information content (AvgIpc) is 3.15. The summed E-state index contributed by atoms with van der Waals surface area (Å²) in [6.07, 6.45) is 8.29. The van der Waals surface area contributed by atoms with Crippen LogP contribution in [0.15, 0.2) is 61.3 Å². The Morgan fingerprint density at radius 1 is 0.958 bits per heavy atom. The zero-order valence-electron chi connectivity index (χ0n) is 12.5. The molecular formula is C18H12N4O2. The van der Waals surface area contributed by atoms with Crippen molar-refractivity contribution in [2.24, 2.45) is 0 Å². The first-order valence-electron chi connectivity index (χ1n) is 7.29. The van der Waals surface area contributed by atoms with E-state index in [1.807, 2.05) is 30.5 Å². The molecule has 24 heavy (non-hydrogen) atoms. The summed E-state index contributed by atoms with van der Waals surface area (Å²) in [4.78, 5) is 19.6. The molecule has 3 heterocycles. The SMILES string of the molecule is O=C(O)c1cnc2cncc(-c3ccc(-c4cn[nH]c4)cc3)c2c1. The second kappa shape index (κ2) is 5.58. The Hall–Kier alpha value is -3.54. The number of H-pyrrole nitrogens is 1.